The van der Waals surface area contributed by atoms with Crippen molar-refractivity contribution in [1.29, 1.82) is 0 Å². The second-order valence-corrected chi connectivity index (χ2v) is 6.93. The predicted octanol–water partition coefficient (Wildman–Crippen LogP) is 3.88. The maximum absolute atomic E-state index is 9.58. The number of aliphatic hydroxyl groups excluding tert-OH is 1. The van der Waals surface area contributed by atoms with Crippen LogP contribution in [-0.2, 0) is 6.54 Å². The minimum absolute atomic E-state index is 0.135. The van der Waals surface area contributed by atoms with Crippen LogP contribution in [0, 0.1) is 6.92 Å². The van der Waals surface area contributed by atoms with E-state index in [0.717, 1.165) is 42.6 Å². The highest BCUT2D eigenvalue weighted by atomic mass is 35.5. The molecule has 6 heteroatoms. The zero-order valence-corrected chi connectivity index (χ0v) is 14.6. The van der Waals surface area contributed by atoms with Crippen molar-refractivity contribution in [3.05, 3.63) is 45.7 Å². The third kappa shape index (κ3) is 3.89. The van der Waals surface area contributed by atoms with E-state index in [1.54, 1.807) is 4.68 Å². The number of halogens is 2. The summed E-state index contributed by atoms with van der Waals surface area (Å²) in [5.41, 5.74) is 2.79. The highest BCUT2D eigenvalue weighted by Gasteiger charge is 2.20. The van der Waals surface area contributed by atoms with Gasteiger partial charge in [0.1, 0.15) is 5.15 Å². The molecular weight excluding hydrogens is 333 g/mol. The third-order valence-corrected chi connectivity index (χ3v) is 5.06. The normalized spacial score (nSPS) is 21.6. The van der Waals surface area contributed by atoms with E-state index in [0.29, 0.717) is 22.8 Å². The van der Waals surface area contributed by atoms with Gasteiger partial charge in [-0.05, 0) is 50.8 Å². The minimum Gasteiger partial charge on any atom is -0.393 e. The predicted molar refractivity (Wildman–Crippen MR) is 93.4 cm³/mol. The van der Waals surface area contributed by atoms with Crippen LogP contribution in [0.15, 0.2) is 24.3 Å². The monoisotopic (exact) mass is 353 g/mol. The van der Waals surface area contributed by atoms with Gasteiger partial charge in [-0.25, -0.2) is 4.68 Å². The Morgan fingerprint density at radius 3 is 2.70 bits per heavy atom. The first-order chi connectivity index (χ1) is 11.0. The maximum atomic E-state index is 9.58. The summed E-state index contributed by atoms with van der Waals surface area (Å²) in [5.74, 6) is 0. The summed E-state index contributed by atoms with van der Waals surface area (Å²) in [7, 11) is 0. The van der Waals surface area contributed by atoms with Crippen molar-refractivity contribution in [2.24, 2.45) is 0 Å². The summed E-state index contributed by atoms with van der Waals surface area (Å²) < 4.78 is 1.73. The Morgan fingerprint density at radius 2 is 2.00 bits per heavy atom. The molecule has 23 heavy (non-hydrogen) atoms. The molecule has 1 fully saturated rings. The van der Waals surface area contributed by atoms with Gasteiger partial charge < -0.3 is 10.4 Å². The number of benzene rings is 1. The van der Waals surface area contributed by atoms with E-state index in [2.05, 4.69) is 10.4 Å². The number of aromatic nitrogens is 2. The molecule has 1 saturated carbocycles. The lowest BCUT2D eigenvalue weighted by Gasteiger charge is -2.26. The topological polar surface area (TPSA) is 50.1 Å². The van der Waals surface area contributed by atoms with Gasteiger partial charge in [-0.3, -0.25) is 0 Å². The molecule has 0 radical (unpaired) electrons. The fourth-order valence-corrected chi connectivity index (χ4v) is 3.56. The Labute approximate surface area is 146 Å². The lowest BCUT2D eigenvalue weighted by molar-refractivity contribution is 0.116. The number of nitrogens with one attached hydrogen (secondary N) is 1. The standard InChI is InChI=1S/C17H21Cl2N3O/c1-11-16(10-20-13-5-7-15(23)8-6-13)17(19)22(21-11)14-4-2-3-12(18)9-14/h2-4,9,13,15,20,23H,5-8,10H2,1H3. The molecule has 2 N–H and O–H groups in total. The molecule has 124 valence electrons. The fourth-order valence-electron chi connectivity index (χ4n) is 3.04. The van der Waals surface area contributed by atoms with Gasteiger partial charge in [0.15, 0.2) is 0 Å². The first-order valence-corrected chi connectivity index (χ1v) is 8.71. The van der Waals surface area contributed by atoms with Gasteiger partial charge in [-0.15, -0.1) is 0 Å². The summed E-state index contributed by atoms with van der Waals surface area (Å²) in [6.45, 7) is 2.65. The van der Waals surface area contributed by atoms with Crippen LogP contribution < -0.4 is 5.32 Å². The second-order valence-electron chi connectivity index (χ2n) is 6.13. The molecule has 0 saturated heterocycles. The van der Waals surface area contributed by atoms with Gasteiger partial charge in [0, 0.05) is 23.2 Å². The molecule has 0 amide bonds. The van der Waals surface area contributed by atoms with Crippen LogP contribution in [0.2, 0.25) is 10.2 Å². The van der Waals surface area contributed by atoms with Gasteiger partial charge in [0.25, 0.3) is 0 Å². The van der Waals surface area contributed by atoms with E-state index >= 15 is 0 Å². The smallest absolute Gasteiger partial charge is 0.137 e. The lowest BCUT2D eigenvalue weighted by atomic mass is 9.93. The van der Waals surface area contributed by atoms with Crippen LogP contribution >= 0.6 is 23.2 Å². The zero-order chi connectivity index (χ0) is 16.4. The number of aliphatic hydroxyl groups is 1. The Balaban J connectivity index is 1.73. The summed E-state index contributed by atoms with van der Waals surface area (Å²) in [4.78, 5) is 0. The highest BCUT2D eigenvalue weighted by Crippen LogP contribution is 2.26. The Hall–Kier alpha value is -1.07. The molecule has 2 aromatic rings. The average Bonchev–Trinajstić information content (AvgIpc) is 2.82. The van der Waals surface area contributed by atoms with E-state index in [4.69, 9.17) is 23.2 Å². The van der Waals surface area contributed by atoms with Crippen LogP contribution in [0.1, 0.15) is 36.9 Å². The van der Waals surface area contributed by atoms with Crippen molar-refractivity contribution in [3.63, 3.8) is 0 Å². The van der Waals surface area contributed by atoms with E-state index in [1.807, 2.05) is 31.2 Å². The molecule has 1 aliphatic carbocycles. The van der Waals surface area contributed by atoms with Gasteiger partial charge in [0.2, 0.25) is 0 Å². The molecule has 1 aromatic carbocycles. The molecule has 0 atom stereocenters. The molecule has 1 aromatic heterocycles. The Morgan fingerprint density at radius 1 is 1.26 bits per heavy atom. The van der Waals surface area contributed by atoms with Gasteiger partial charge >= 0.3 is 0 Å². The fraction of sp³-hybridized carbons (Fsp3) is 0.471. The summed E-state index contributed by atoms with van der Waals surface area (Å²) in [5, 5.41) is 18.9. The summed E-state index contributed by atoms with van der Waals surface area (Å²) >= 11 is 12.6. The number of hydrogen-bond acceptors (Lipinski definition) is 3. The minimum atomic E-state index is -0.135. The SMILES string of the molecule is Cc1nn(-c2cccc(Cl)c2)c(Cl)c1CNC1CCC(O)CC1. The summed E-state index contributed by atoms with van der Waals surface area (Å²) in [6.07, 6.45) is 3.60. The van der Waals surface area contributed by atoms with E-state index in [9.17, 15) is 5.11 Å². The van der Waals surface area contributed by atoms with Gasteiger partial charge in [-0.1, -0.05) is 29.3 Å². The van der Waals surface area contributed by atoms with Crippen LogP contribution in [-0.4, -0.2) is 27.0 Å². The third-order valence-electron chi connectivity index (χ3n) is 4.44. The molecule has 0 unspecified atom stereocenters. The molecule has 1 heterocycles. The van der Waals surface area contributed by atoms with Gasteiger partial charge in [0.05, 0.1) is 17.5 Å². The van der Waals surface area contributed by atoms with Crippen molar-refractivity contribution in [2.75, 3.05) is 0 Å². The maximum Gasteiger partial charge on any atom is 0.137 e. The molecule has 1 aliphatic rings. The average molecular weight is 354 g/mol. The first-order valence-electron chi connectivity index (χ1n) is 7.96. The summed E-state index contributed by atoms with van der Waals surface area (Å²) in [6, 6.07) is 7.93. The van der Waals surface area contributed by atoms with Crippen molar-refractivity contribution in [1.82, 2.24) is 15.1 Å². The number of aryl methyl sites for hydroxylation is 1. The molecule has 4 nitrogen and oxygen atoms in total. The molecule has 3 rings (SSSR count). The second kappa shape index (κ2) is 7.22. The number of nitrogens with zero attached hydrogens (tertiary/aromatic N) is 2. The number of hydrogen-bond donors (Lipinski definition) is 2. The van der Waals surface area contributed by atoms with E-state index in [-0.39, 0.29) is 6.10 Å². The number of rotatable bonds is 4. The van der Waals surface area contributed by atoms with Crippen LogP contribution in [0.25, 0.3) is 5.69 Å². The van der Waals surface area contributed by atoms with E-state index < -0.39 is 0 Å². The van der Waals surface area contributed by atoms with Crippen LogP contribution in [0.5, 0.6) is 0 Å². The van der Waals surface area contributed by atoms with Crippen molar-refractivity contribution >= 4 is 23.2 Å². The van der Waals surface area contributed by atoms with E-state index in [1.165, 1.54) is 0 Å². The van der Waals surface area contributed by atoms with Crippen molar-refractivity contribution in [3.8, 4) is 5.69 Å². The molecular formula is C17H21Cl2N3O. The quantitative estimate of drug-likeness (QED) is 0.876. The lowest BCUT2D eigenvalue weighted by Crippen LogP contribution is -2.34. The zero-order valence-electron chi connectivity index (χ0n) is 13.1. The van der Waals surface area contributed by atoms with Crippen LogP contribution in [0.3, 0.4) is 0 Å². The van der Waals surface area contributed by atoms with Crippen molar-refractivity contribution in [2.45, 2.75) is 51.3 Å². The molecule has 0 aliphatic heterocycles. The Bertz CT molecular complexity index is 678. The molecule has 0 bridgehead atoms. The van der Waals surface area contributed by atoms with Gasteiger partial charge in [-0.2, -0.15) is 5.10 Å². The van der Waals surface area contributed by atoms with Crippen molar-refractivity contribution < 1.29 is 5.11 Å². The first kappa shape index (κ1) is 16.8. The highest BCUT2D eigenvalue weighted by molar-refractivity contribution is 6.31. The largest absolute Gasteiger partial charge is 0.393 e. The van der Waals surface area contributed by atoms with Crippen LogP contribution in [0.4, 0.5) is 0 Å². The molecule has 0 spiro atoms. The Kier molecular flexibility index (Phi) is 5.27.